The fourth-order valence-electron chi connectivity index (χ4n) is 2.97. The van der Waals surface area contributed by atoms with Crippen LogP contribution in [0.4, 0.5) is 0 Å². The summed E-state index contributed by atoms with van der Waals surface area (Å²) in [4.78, 5) is 0. The molecule has 1 heterocycles. The van der Waals surface area contributed by atoms with Crippen molar-refractivity contribution < 1.29 is 0 Å². The Kier molecular flexibility index (Phi) is 4.87. The third kappa shape index (κ3) is 3.00. The summed E-state index contributed by atoms with van der Waals surface area (Å²) in [7, 11) is 0. The minimum absolute atomic E-state index is 0. The van der Waals surface area contributed by atoms with Crippen molar-refractivity contribution in [1.82, 2.24) is 4.57 Å². The molecule has 0 aliphatic heterocycles. The van der Waals surface area contributed by atoms with Crippen LogP contribution in [0, 0.1) is 26.2 Å². The average Bonchev–Trinajstić information content (AvgIpc) is 2.45. The Morgan fingerprint density at radius 3 is 2.32 bits per heavy atom. The largest absolute Gasteiger partial charge is 0.343 e. The fraction of sp³-hybridized carbons (Fsp3) is 0.211. The van der Waals surface area contributed by atoms with E-state index < -0.39 is 0 Å². The van der Waals surface area contributed by atoms with Crippen molar-refractivity contribution in [3.63, 3.8) is 0 Å². The zero-order valence-electron chi connectivity index (χ0n) is 13.2. The van der Waals surface area contributed by atoms with Gasteiger partial charge in [-0.25, -0.2) is 0 Å². The van der Waals surface area contributed by atoms with Gasteiger partial charge in [0.1, 0.15) is 0 Å². The average molecular weight is 357 g/mol. The second kappa shape index (κ2) is 6.49. The van der Waals surface area contributed by atoms with Gasteiger partial charge in [0.25, 0.3) is 0 Å². The van der Waals surface area contributed by atoms with Crippen LogP contribution in [0.2, 0.25) is 0 Å². The first-order valence-electron chi connectivity index (χ1n) is 7.26. The number of rotatable bonds is 2. The highest BCUT2D eigenvalue weighted by Gasteiger charge is 2.08. The molecular formula is C19H21BrN2. The van der Waals surface area contributed by atoms with Gasteiger partial charge in [-0.05, 0) is 49.1 Å². The van der Waals surface area contributed by atoms with E-state index in [1.807, 2.05) is 13.0 Å². The van der Waals surface area contributed by atoms with Crippen molar-refractivity contribution in [2.45, 2.75) is 27.3 Å². The van der Waals surface area contributed by atoms with Crippen molar-refractivity contribution in [3.8, 4) is 0 Å². The SMILES string of the molecule is Br.Cc1cc(C)c2c(=N)c(C)cn(Cc3ccccc3)c2c1. The van der Waals surface area contributed by atoms with Crippen LogP contribution in [-0.4, -0.2) is 4.57 Å². The Hall–Kier alpha value is -1.87. The second-order valence-corrected chi connectivity index (χ2v) is 5.78. The number of nitrogens with zero attached hydrogens (tertiary/aromatic N) is 1. The van der Waals surface area contributed by atoms with Crippen molar-refractivity contribution in [2.75, 3.05) is 0 Å². The summed E-state index contributed by atoms with van der Waals surface area (Å²) in [6, 6.07) is 14.8. The highest BCUT2D eigenvalue weighted by atomic mass is 79.9. The molecule has 0 aliphatic carbocycles. The number of fused-ring (bicyclic) bond motifs is 1. The predicted octanol–water partition coefficient (Wildman–Crippen LogP) is 4.67. The Morgan fingerprint density at radius 2 is 1.64 bits per heavy atom. The zero-order chi connectivity index (χ0) is 15.0. The Bertz CT molecular complexity index is 864. The van der Waals surface area contributed by atoms with E-state index in [9.17, 15) is 0 Å². The first-order valence-corrected chi connectivity index (χ1v) is 7.26. The Morgan fingerprint density at radius 1 is 0.955 bits per heavy atom. The molecule has 0 radical (unpaired) electrons. The predicted molar refractivity (Wildman–Crippen MR) is 97.9 cm³/mol. The van der Waals surface area contributed by atoms with Crippen LogP contribution in [0.3, 0.4) is 0 Å². The third-order valence-electron chi connectivity index (χ3n) is 3.96. The maximum Gasteiger partial charge on any atom is 0.0679 e. The maximum atomic E-state index is 8.36. The number of nitrogens with one attached hydrogen (secondary N) is 1. The molecule has 114 valence electrons. The number of aryl methyl sites for hydroxylation is 3. The molecule has 0 spiro atoms. The standard InChI is InChI=1S/C19H20N2.BrH/c1-13-9-14(2)18-17(10-13)21(11-15(3)19(18)20)12-16-7-5-4-6-8-16;/h4-11,20H,12H2,1-3H3;1H. The van der Waals surface area contributed by atoms with Crippen LogP contribution in [0.15, 0.2) is 48.7 Å². The minimum Gasteiger partial charge on any atom is -0.343 e. The molecule has 0 amide bonds. The van der Waals surface area contributed by atoms with Crippen LogP contribution in [-0.2, 0) is 6.54 Å². The molecular weight excluding hydrogens is 336 g/mol. The van der Waals surface area contributed by atoms with E-state index in [4.69, 9.17) is 5.41 Å². The monoisotopic (exact) mass is 356 g/mol. The molecule has 0 unspecified atom stereocenters. The van der Waals surface area contributed by atoms with Crippen molar-refractivity contribution in [1.29, 1.82) is 5.41 Å². The molecule has 22 heavy (non-hydrogen) atoms. The van der Waals surface area contributed by atoms with Gasteiger partial charge in [0.2, 0.25) is 0 Å². The molecule has 0 saturated carbocycles. The molecule has 3 aromatic rings. The van der Waals surface area contributed by atoms with Gasteiger partial charge in [-0.2, -0.15) is 0 Å². The Balaban J connectivity index is 0.00000176. The summed E-state index contributed by atoms with van der Waals surface area (Å²) < 4.78 is 2.26. The van der Waals surface area contributed by atoms with Crippen molar-refractivity contribution >= 4 is 27.9 Å². The van der Waals surface area contributed by atoms with Crippen molar-refractivity contribution in [2.24, 2.45) is 0 Å². The molecule has 3 heteroatoms. The summed E-state index contributed by atoms with van der Waals surface area (Å²) in [6.45, 7) is 7.06. The second-order valence-electron chi connectivity index (χ2n) is 5.78. The molecule has 0 bridgehead atoms. The molecule has 1 aromatic heterocycles. The summed E-state index contributed by atoms with van der Waals surface area (Å²) in [5.74, 6) is 0. The van der Waals surface area contributed by atoms with Gasteiger partial charge >= 0.3 is 0 Å². The Labute approximate surface area is 141 Å². The van der Waals surface area contributed by atoms with E-state index in [-0.39, 0.29) is 17.0 Å². The van der Waals surface area contributed by atoms with E-state index in [0.29, 0.717) is 5.36 Å². The first-order chi connectivity index (χ1) is 10.1. The lowest BCUT2D eigenvalue weighted by atomic mass is 10.0. The fourth-order valence-corrected chi connectivity index (χ4v) is 2.97. The van der Waals surface area contributed by atoms with Gasteiger partial charge in [-0.15, -0.1) is 17.0 Å². The van der Waals surface area contributed by atoms with E-state index in [1.54, 1.807) is 0 Å². The minimum atomic E-state index is 0. The zero-order valence-corrected chi connectivity index (χ0v) is 14.9. The number of aromatic nitrogens is 1. The number of benzene rings is 2. The van der Waals surface area contributed by atoms with Gasteiger partial charge in [0, 0.05) is 18.1 Å². The first kappa shape index (κ1) is 16.5. The highest BCUT2D eigenvalue weighted by molar-refractivity contribution is 8.93. The van der Waals surface area contributed by atoms with E-state index in [2.05, 4.69) is 61.0 Å². The molecule has 0 fully saturated rings. The summed E-state index contributed by atoms with van der Waals surface area (Å²) >= 11 is 0. The van der Waals surface area contributed by atoms with Crippen LogP contribution in [0.5, 0.6) is 0 Å². The van der Waals surface area contributed by atoms with Crippen LogP contribution < -0.4 is 5.36 Å². The van der Waals surface area contributed by atoms with Gasteiger partial charge in [-0.1, -0.05) is 36.4 Å². The highest BCUT2D eigenvalue weighted by Crippen LogP contribution is 2.19. The molecule has 0 atom stereocenters. The number of halogens is 1. The topological polar surface area (TPSA) is 28.8 Å². The number of hydrogen-bond donors (Lipinski definition) is 1. The van der Waals surface area contributed by atoms with Crippen LogP contribution in [0.1, 0.15) is 22.3 Å². The van der Waals surface area contributed by atoms with Crippen molar-refractivity contribution in [3.05, 3.63) is 76.3 Å². The summed E-state index contributed by atoms with van der Waals surface area (Å²) in [6.07, 6.45) is 2.09. The van der Waals surface area contributed by atoms with E-state index >= 15 is 0 Å². The number of pyridine rings is 1. The molecule has 2 aromatic carbocycles. The molecule has 0 aliphatic rings. The molecule has 2 nitrogen and oxygen atoms in total. The quantitative estimate of drug-likeness (QED) is 0.691. The third-order valence-corrected chi connectivity index (χ3v) is 3.96. The molecule has 1 N–H and O–H groups in total. The van der Waals surface area contributed by atoms with Gasteiger partial charge < -0.3 is 4.57 Å². The normalized spacial score (nSPS) is 10.5. The summed E-state index contributed by atoms with van der Waals surface area (Å²) in [5.41, 5.74) is 5.86. The molecule has 3 rings (SSSR count). The van der Waals surface area contributed by atoms with E-state index in [0.717, 1.165) is 23.0 Å². The lowest BCUT2D eigenvalue weighted by Gasteiger charge is -2.15. The lowest BCUT2D eigenvalue weighted by Crippen LogP contribution is -2.14. The lowest BCUT2D eigenvalue weighted by molar-refractivity contribution is 0.816. The smallest absolute Gasteiger partial charge is 0.0679 e. The van der Waals surface area contributed by atoms with Crippen LogP contribution in [0.25, 0.3) is 10.9 Å². The van der Waals surface area contributed by atoms with Gasteiger partial charge in [0.15, 0.2) is 0 Å². The summed E-state index contributed by atoms with van der Waals surface area (Å²) in [5, 5.41) is 10.1. The number of hydrogen-bond acceptors (Lipinski definition) is 1. The van der Waals surface area contributed by atoms with E-state index in [1.165, 1.54) is 16.7 Å². The maximum absolute atomic E-state index is 8.36. The van der Waals surface area contributed by atoms with Gasteiger partial charge in [-0.3, -0.25) is 5.41 Å². The molecule has 0 saturated heterocycles. The van der Waals surface area contributed by atoms with Gasteiger partial charge in [0.05, 0.1) is 10.9 Å². The van der Waals surface area contributed by atoms with Crippen LogP contribution >= 0.6 is 17.0 Å².